The summed E-state index contributed by atoms with van der Waals surface area (Å²) in [7, 11) is -3.99. The van der Waals surface area contributed by atoms with Gasteiger partial charge in [-0.15, -0.1) is 0 Å². The molecule has 0 fully saturated rings. The van der Waals surface area contributed by atoms with Gasteiger partial charge in [0.05, 0.1) is 44.8 Å². The van der Waals surface area contributed by atoms with Crippen molar-refractivity contribution in [2.24, 2.45) is 5.73 Å². The molecule has 3 aromatic carbocycles. The Balaban J connectivity index is 1.86. The molecule has 0 aliphatic carbocycles. The average Bonchev–Trinajstić information content (AvgIpc) is 3.24. The van der Waals surface area contributed by atoms with Crippen LogP contribution in [-0.4, -0.2) is 40.4 Å². The number of rotatable bonds is 9. The van der Waals surface area contributed by atoms with Gasteiger partial charge in [0.1, 0.15) is 24.0 Å². The molecule has 2 heterocycles. The van der Waals surface area contributed by atoms with E-state index in [1.54, 1.807) is 0 Å². The molecule has 5 rings (SSSR count). The lowest BCUT2D eigenvalue weighted by molar-refractivity contribution is 0.0176. The van der Waals surface area contributed by atoms with Crippen LogP contribution in [0.4, 0.5) is 32.2 Å². The molecule has 0 aliphatic heterocycles. The highest BCUT2D eigenvalue weighted by atomic mass is 35.5. The molecule has 17 heteroatoms. The molecule has 0 amide bonds. The summed E-state index contributed by atoms with van der Waals surface area (Å²) in [5.74, 6) is -5.81. The minimum Gasteiger partial charge on any atom is -0.321 e. The van der Waals surface area contributed by atoms with Crippen LogP contribution in [0.3, 0.4) is 0 Å². The first-order chi connectivity index (χ1) is 20.9. The van der Waals surface area contributed by atoms with Crippen LogP contribution in [0, 0.1) is 11.6 Å². The molecule has 1 unspecified atom stereocenters. The molecule has 3 N–H and O–H groups in total. The smallest absolute Gasteiger partial charge is 0.270 e. The lowest BCUT2D eigenvalue weighted by Gasteiger charge is -2.21. The van der Waals surface area contributed by atoms with Crippen LogP contribution in [0.5, 0.6) is 0 Å². The summed E-state index contributed by atoms with van der Waals surface area (Å²) in [6, 6.07) is 6.99. The Bertz CT molecular complexity index is 2110. The number of hydrogen-bond acceptors (Lipinski definition) is 6. The summed E-state index contributed by atoms with van der Waals surface area (Å²) < 4.78 is 112. The third-order valence-corrected chi connectivity index (χ3v) is 7.65. The van der Waals surface area contributed by atoms with Crippen molar-refractivity contribution in [3.8, 4) is 5.69 Å². The van der Waals surface area contributed by atoms with Crippen LogP contribution >= 0.6 is 11.6 Å². The zero-order valence-corrected chi connectivity index (χ0v) is 24.9. The summed E-state index contributed by atoms with van der Waals surface area (Å²) in [6.07, 6.45) is -2.48. The summed E-state index contributed by atoms with van der Waals surface area (Å²) in [4.78, 5) is 18.5. The van der Waals surface area contributed by atoms with Gasteiger partial charge in [0.2, 0.25) is 10.0 Å². The van der Waals surface area contributed by atoms with Crippen LogP contribution in [0.25, 0.3) is 27.5 Å². The maximum Gasteiger partial charge on any atom is 0.270 e. The first kappa shape index (κ1) is 32.2. The third kappa shape index (κ3) is 6.62. The average molecular weight is 673 g/mol. The summed E-state index contributed by atoms with van der Waals surface area (Å²) in [6.45, 7) is -0.402. The molecule has 0 spiro atoms. The normalized spacial score (nSPS) is 13.2. The van der Waals surface area contributed by atoms with Gasteiger partial charge < -0.3 is 5.73 Å². The molecule has 1 atom stereocenters. The van der Waals surface area contributed by atoms with Crippen LogP contribution in [-0.2, 0) is 28.9 Å². The number of alkyl halides is 4. The highest BCUT2D eigenvalue weighted by Crippen LogP contribution is 2.36. The maximum absolute atomic E-state index is 14.2. The van der Waals surface area contributed by atoms with Crippen molar-refractivity contribution in [2.75, 3.05) is 11.0 Å². The van der Waals surface area contributed by atoms with Crippen molar-refractivity contribution in [1.29, 1.82) is 0 Å². The molecule has 9 nitrogen and oxygen atoms in total. The van der Waals surface area contributed by atoms with E-state index in [1.165, 1.54) is 12.1 Å². The predicted octanol–water partition coefficient (Wildman–Crippen LogP) is 5.66. The molecule has 0 aliphatic rings. The number of halogens is 7. The van der Waals surface area contributed by atoms with E-state index in [0.717, 1.165) is 45.8 Å². The standard InChI is InChI=1S/C28H23ClF6N6O3S/c1-28(34,35)14-3-4-17-20(10-14)37-26(19(36)9-13-7-15(30)11-16(31)8-13)41(27(17)42)21-6-5-18(29)23-24(21)40(12-22(32)33)38-25(23)39-45(2,43)44/h3-8,10-11,19,22H,9,12,36H2,1-2H3,(H,38,39). The van der Waals surface area contributed by atoms with E-state index in [-0.39, 0.29) is 50.3 Å². The van der Waals surface area contributed by atoms with Crippen molar-refractivity contribution in [1.82, 2.24) is 19.3 Å². The number of hydrogen-bond donors (Lipinski definition) is 2. The van der Waals surface area contributed by atoms with E-state index >= 15 is 0 Å². The molecular formula is C28H23ClF6N6O3S. The van der Waals surface area contributed by atoms with E-state index in [9.17, 15) is 39.6 Å². The van der Waals surface area contributed by atoms with Crippen molar-refractivity contribution < 1.29 is 34.8 Å². The first-order valence-electron chi connectivity index (χ1n) is 13.0. The Labute approximate surface area is 256 Å². The number of sulfonamides is 1. The van der Waals surface area contributed by atoms with Crippen LogP contribution in [0.2, 0.25) is 5.02 Å². The fourth-order valence-electron chi connectivity index (χ4n) is 4.98. The maximum atomic E-state index is 14.2. The molecule has 45 heavy (non-hydrogen) atoms. The third-order valence-electron chi connectivity index (χ3n) is 6.77. The van der Waals surface area contributed by atoms with Gasteiger partial charge >= 0.3 is 0 Å². The second-order valence-electron chi connectivity index (χ2n) is 10.4. The van der Waals surface area contributed by atoms with Crippen molar-refractivity contribution in [2.45, 2.75) is 38.3 Å². The number of anilines is 1. The number of nitrogens with one attached hydrogen (secondary N) is 1. The fourth-order valence-corrected chi connectivity index (χ4v) is 5.72. The van der Waals surface area contributed by atoms with E-state index in [0.29, 0.717) is 13.0 Å². The Morgan fingerprint density at radius 2 is 1.73 bits per heavy atom. The van der Waals surface area contributed by atoms with Crippen LogP contribution in [0.1, 0.15) is 29.9 Å². The van der Waals surface area contributed by atoms with E-state index < -0.39 is 63.5 Å². The number of aromatic nitrogens is 4. The second kappa shape index (κ2) is 11.7. The molecule has 238 valence electrons. The summed E-state index contributed by atoms with van der Waals surface area (Å²) in [5.41, 5.74) is 4.63. The minimum absolute atomic E-state index is 0.0679. The molecule has 2 aromatic heterocycles. The quantitative estimate of drug-likeness (QED) is 0.195. The predicted molar refractivity (Wildman–Crippen MR) is 157 cm³/mol. The van der Waals surface area contributed by atoms with Crippen molar-refractivity contribution in [3.05, 3.63) is 92.5 Å². The highest BCUT2D eigenvalue weighted by molar-refractivity contribution is 7.92. The number of nitrogens with two attached hydrogens (primary N) is 1. The molecular weight excluding hydrogens is 650 g/mol. The monoisotopic (exact) mass is 672 g/mol. The van der Waals surface area contributed by atoms with Gasteiger partial charge in [-0.2, -0.15) is 5.10 Å². The Kier molecular flexibility index (Phi) is 8.35. The summed E-state index contributed by atoms with van der Waals surface area (Å²) >= 11 is 6.39. The van der Waals surface area contributed by atoms with Gasteiger partial charge in [-0.3, -0.25) is 18.8 Å². The van der Waals surface area contributed by atoms with Gasteiger partial charge in [0.15, 0.2) is 5.82 Å². The van der Waals surface area contributed by atoms with Crippen LogP contribution < -0.4 is 16.0 Å². The molecule has 0 bridgehead atoms. The lowest BCUT2D eigenvalue weighted by atomic mass is 10.0. The number of nitrogens with zero attached hydrogens (tertiary/aromatic N) is 4. The van der Waals surface area contributed by atoms with E-state index in [2.05, 4.69) is 14.8 Å². The van der Waals surface area contributed by atoms with E-state index in [4.69, 9.17) is 17.3 Å². The summed E-state index contributed by atoms with van der Waals surface area (Å²) in [5, 5.41) is 3.57. The molecule has 0 saturated carbocycles. The number of benzene rings is 3. The SMILES string of the molecule is CC(F)(F)c1ccc2c(=O)n(-c3ccc(Cl)c4c(NS(C)(=O)=O)nn(CC(F)F)c34)c(C(N)Cc3cc(F)cc(F)c3)nc2c1. The van der Waals surface area contributed by atoms with Gasteiger partial charge in [-0.25, -0.2) is 39.7 Å². The van der Waals surface area contributed by atoms with Gasteiger partial charge in [-0.05, 0) is 48.4 Å². The second-order valence-corrected chi connectivity index (χ2v) is 12.6. The van der Waals surface area contributed by atoms with Gasteiger partial charge in [0, 0.05) is 18.6 Å². The number of fused-ring (bicyclic) bond motifs is 2. The zero-order chi connectivity index (χ0) is 33.0. The topological polar surface area (TPSA) is 125 Å². The Morgan fingerprint density at radius 3 is 2.33 bits per heavy atom. The largest absolute Gasteiger partial charge is 0.321 e. The molecule has 0 radical (unpaired) electrons. The van der Waals surface area contributed by atoms with E-state index in [1.807, 2.05) is 0 Å². The first-order valence-corrected chi connectivity index (χ1v) is 15.3. The Morgan fingerprint density at radius 1 is 1.07 bits per heavy atom. The fraction of sp³-hybridized carbons (Fsp3) is 0.250. The zero-order valence-electron chi connectivity index (χ0n) is 23.3. The highest BCUT2D eigenvalue weighted by Gasteiger charge is 2.28. The van der Waals surface area contributed by atoms with Gasteiger partial charge in [-0.1, -0.05) is 17.7 Å². The Hall–Kier alpha value is -4.15. The van der Waals surface area contributed by atoms with Gasteiger partial charge in [0.25, 0.3) is 17.9 Å². The van der Waals surface area contributed by atoms with Crippen LogP contribution in [0.15, 0.2) is 53.3 Å². The van der Waals surface area contributed by atoms with Crippen molar-refractivity contribution in [3.63, 3.8) is 0 Å². The van der Waals surface area contributed by atoms with Crippen molar-refractivity contribution >= 4 is 49.2 Å². The lowest BCUT2D eigenvalue weighted by Crippen LogP contribution is -2.30. The molecule has 0 saturated heterocycles. The minimum atomic E-state index is -3.99. The molecule has 5 aromatic rings.